The van der Waals surface area contributed by atoms with Gasteiger partial charge in [-0.2, -0.15) is 0 Å². The zero-order valence-electron chi connectivity index (χ0n) is 10.9. The monoisotopic (exact) mass is 326 g/mol. The van der Waals surface area contributed by atoms with Crippen LogP contribution in [0.5, 0.6) is 5.75 Å². The lowest BCUT2D eigenvalue weighted by molar-refractivity contribution is -0.153. The van der Waals surface area contributed by atoms with Crippen molar-refractivity contribution < 1.29 is 14.6 Å². The molecule has 1 unspecified atom stereocenters. The van der Waals surface area contributed by atoms with E-state index in [2.05, 4.69) is 15.9 Å². The summed E-state index contributed by atoms with van der Waals surface area (Å²) in [7, 11) is 0. The molecule has 1 saturated heterocycles. The molecule has 0 bridgehead atoms. The molecule has 0 radical (unpaired) electrons. The lowest BCUT2D eigenvalue weighted by Crippen LogP contribution is -2.48. The summed E-state index contributed by atoms with van der Waals surface area (Å²) in [4.78, 5) is 0. The fourth-order valence-corrected chi connectivity index (χ4v) is 3.38. The molecule has 1 aliphatic heterocycles. The number of hydrogen-bond donors (Lipinski definition) is 1. The molecule has 1 spiro atoms. The van der Waals surface area contributed by atoms with Crippen LogP contribution in [0, 0.1) is 0 Å². The molecule has 3 nitrogen and oxygen atoms in total. The van der Waals surface area contributed by atoms with Gasteiger partial charge in [0, 0.05) is 22.9 Å². The van der Waals surface area contributed by atoms with Crippen LogP contribution in [0.3, 0.4) is 0 Å². The van der Waals surface area contributed by atoms with Gasteiger partial charge in [0.2, 0.25) is 0 Å². The number of halogens is 1. The first-order valence-electron chi connectivity index (χ1n) is 6.91. The Morgan fingerprint density at radius 3 is 2.95 bits per heavy atom. The van der Waals surface area contributed by atoms with Gasteiger partial charge in [0.05, 0.1) is 18.8 Å². The van der Waals surface area contributed by atoms with Crippen molar-refractivity contribution in [3.05, 3.63) is 28.2 Å². The number of aliphatic hydroxyl groups is 1. The first-order valence-corrected chi connectivity index (χ1v) is 7.70. The van der Waals surface area contributed by atoms with E-state index >= 15 is 0 Å². The van der Waals surface area contributed by atoms with Crippen LogP contribution in [0.4, 0.5) is 0 Å². The topological polar surface area (TPSA) is 38.7 Å². The number of hydrogen-bond acceptors (Lipinski definition) is 3. The third-order valence-electron chi connectivity index (χ3n) is 4.20. The summed E-state index contributed by atoms with van der Waals surface area (Å²) >= 11 is 3.41. The zero-order valence-corrected chi connectivity index (χ0v) is 12.5. The van der Waals surface area contributed by atoms with Gasteiger partial charge in [0.25, 0.3) is 0 Å². The fourth-order valence-electron chi connectivity index (χ4n) is 2.97. The highest BCUT2D eigenvalue weighted by atomic mass is 79.9. The molecule has 104 valence electrons. The maximum Gasteiger partial charge on any atom is 0.125 e. The van der Waals surface area contributed by atoms with Crippen LogP contribution in [0.1, 0.15) is 37.7 Å². The molecular formula is C15H19BrO3. The van der Waals surface area contributed by atoms with Gasteiger partial charge in [-0.3, -0.25) is 0 Å². The smallest absolute Gasteiger partial charge is 0.125 e. The minimum Gasteiger partial charge on any atom is -0.490 e. The number of ether oxygens (including phenoxy) is 2. The van der Waals surface area contributed by atoms with E-state index in [-0.39, 0.29) is 18.3 Å². The van der Waals surface area contributed by atoms with E-state index in [1.165, 1.54) is 19.3 Å². The Labute approximate surface area is 122 Å². The molecule has 3 rings (SSSR count). The zero-order chi connectivity index (χ0) is 13.3. The molecule has 0 amide bonds. The maximum absolute atomic E-state index is 9.41. The Hall–Kier alpha value is -0.580. The minimum atomic E-state index is 0.00311. The SMILES string of the molecule is OCc1cc(Br)ccc1OC1CCOC2(CCC2)C1. The molecule has 1 atom stereocenters. The quantitative estimate of drug-likeness (QED) is 0.924. The average Bonchev–Trinajstić information content (AvgIpc) is 2.39. The molecule has 1 aliphatic carbocycles. The van der Waals surface area contributed by atoms with E-state index in [0.717, 1.165) is 35.2 Å². The lowest BCUT2D eigenvalue weighted by Gasteiger charge is -2.47. The van der Waals surface area contributed by atoms with Crippen molar-refractivity contribution in [1.82, 2.24) is 0 Å². The number of aliphatic hydroxyl groups excluding tert-OH is 1. The summed E-state index contributed by atoms with van der Waals surface area (Å²) in [6, 6.07) is 5.79. The highest BCUT2D eigenvalue weighted by Gasteiger charge is 2.43. The molecular weight excluding hydrogens is 308 g/mol. The highest BCUT2D eigenvalue weighted by molar-refractivity contribution is 9.10. The van der Waals surface area contributed by atoms with Gasteiger partial charge in [0.1, 0.15) is 11.9 Å². The molecule has 1 N–H and O–H groups in total. The molecule has 19 heavy (non-hydrogen) atoms. The lowest BCUT2D eigenvalue weighted by atomic mass is 9.74. The van der Waals surface area contributed by atoms with Crippen LogP contribution < -0.4 is 4.74 Å². The van der Waals surface area contributed by atoms with Gasteiger partial charge in [-0.25, -0.2) is 0 Å². The summed E-state index contributed by atoms with van der Waals surface area (Å²) in [5.74, 6) is 0.798. The molecule has 1 heterocycles. The Balaban J connectivity index is 1.70. The Morgan fingerprint density at radius 2 is 2.26 bits per heavy atom. The van der Waals surface area contributed by atoms with Crippen molar-refractivity contribution in [1.29, 1.82) is 0 Å². The second kappa shape index (κ2) is 5.43. The molecule has 0 aromatic heterocycles. The van der Waals surface area contributed by atoms with Crippen molar-refractivity contribution in [3.8, 4) is 5.75 Å². The largest absolute Gasteiger partial charge is 0.490 e. The van der Waals surface area contributed by atoms with Crippen molar-refractivity contribution in [2.24, 2.45) is 0 Å². The van der Waals surface area contributed by atoms with Gasteiger partial charge in [-0.1, -0.05) is 15.9 Å². The summed E-state index contributed by atoms with van der Waals surface area (Å²) in [5.41, 5.74) is 0.931. The van der Waals surface area contributed by atoms with E-state index < -0.39 is 0 Å². The molecule has 2 aliphatic rings. The van der Waals surface area contributed by atoms with Crippen LogP contribution >= 0.6 is 15.9 Å². The number of benzene rings is 1. The van der Waals surface area contributed by atoms with Crippen molar-refractivity contribution >= 4 is 15.9 Å². The summed E-state index contributed by atoms with van der Waals surface area (Å²) in [6.45, 7) is 0.790. The first-order chi connectivity index (χ1) is 9.21. The average molecular weight is 327 g/mol. The van der Waals surface area contributed by atoms with Crippen molar-refractivity contribution in [3.63, 3.8) is 0 Å². The van der Waals surface area contributed by atoms with Gasteiger partial charge in [-0.15, -0.1) is 0 Å². The predicted octanol–water partition coefficient (Wildman–Crippen LogP) is 3.42. The second-order valence-corrected chi connectivity index (χ2v) is 6.44. The first kappa shape index (κ1) is 13.4. The van der Waals surface area contributed by atoms with Crippen LogP contribution in [0.25, 0.3) is 0 Å². The second-order valence-electron chi connectivity index (χ2n) is 5.53. The maximum atomic E-state index is 9.41. The van der Waals surface area contributed by atoms with Crippen LogP contribution in [0.15, 0.2) is 22.7 Å². The van der Waals surface area contributed by atoms with Crippen molar-refractivity contribution in [2.75, 3.05) is 6.61 Å². The van der Waals surface area contributed by atoms with E-state index in [1.54, 1.807) is 0 Å². The fraction of sp³-hybridized carbons (Fsp3) is 0.600. The summed E-state index contributed by atoms with van der Waals surface area (Å²) in [6.07, 6.45) is 5.73. The standard InChI is InChI=1S/C15H19BrO3/c16-12-2-3-14(11(8-12)10-17)19-13-4-7-18-15(9-13)5-1-6-15/h2-3,8,13,17H,1,4-7,9-10H2. The van der Waals surface area contributed by atoms with E-state index in [1.807, 2.05) is 18.2 Å². The van der Waals surface area contributed by atoms with E-state index in [9.17, 15) is 5.11 Å². The van der Waals surface area contributed by atoms with Crippen LogP contribution in [-0.4, -0.2) is 23.4 Å². The van der Waals surface area contributed by atoms with Gasteiger partial charge in [0.15, 0.2) is 0 Å². The summed E-state index contributed by atoms with van der Waals surface area (Å²) < 4.78 is 13.0. The Bertz CT molecular complexity index is 457. The van der Waals surface area contributed by atoms with Crippen LogP contribution in [0.2, 0.25) is 0 Å². The predicted molar refractivity (Wildman–Crippen MR) is 76.2 cm³/mol. The normalized spacial score (nSPS) is 25.1. The molecule has 1 aromatic rings. The Morgan fingerprint density at radius 1 is 1.42 bits per heavy atom. The summed E-state index contributed by atoms with van der Waals surface area (Å²) in [5, 5.41) is 9.41. The van der Waals surface area contributed by atoms with E-state index in [0.29, 0.717) is 0 Å². The molecule has 2 fully saturated rings. The van der Waals surface area contributed by atoms with Gasteiger partial charge in [-0.05, 0) is 37.5 Å². The Kier molecular flexibility index (Phi) is 3.83. The number of rotatable bonds is 3. The van der Waals surface area contributed by atoms with E-state index in [4.69, 9.17) is 9.47 Å². The minimum absolute atomic E-state index is 0.00311. The third-order valence-corrected chi connectivity index (χ3v) is 4.69. The van der Waals surface area contributed by atoms with Crippen molar-refractivity contribution in [2.45, 2.75) is 50.4 Å². The van der Waals surface area contributed by atoms with Gasteiger partial charge < -0.3 is 14.6 Å². The molecule has 1 saturated carbocycles. The van der Waals surface area contributed by atoms with Crippen LogP contribution in [-0.2, 0) is 11.3 Å². The molecule has 1 aromatic carbocycles. The molecule has 4 heteroatoms. The highest BCUT2D eigenvalue weighted by Crippen LogP contribution is 2.43. The third kappa shape index (κ3) is 2.81. The van der Waals surface area contributed by atoms with Gasteiger partial charge >= 0.3 is 0 Å².